The molecule has 0 unspecified atom stereocenters. The number of anilines is 1. The van der Waals surface area contributed by atoms with Crippen LogP contribution in [0.1, 0.15) is 33.6 Å². The average molecular weight is 503 g/mol. The lowest BCUT2D eigenvalue weighted by atomic mass is 10.2. The van der Waals surface area contributed by atoms with Crippen LogP contribution in [0.3, 0.4) is 0 Å². The van der Waals surface area contributed by atoms with Crippen LogP contribution in [-0.4, -0.2) is 75.0 Å². The van der Waals surface area contributed by atoms with Gasteiger partial charge in [0.15, 0.2) is 5.96 Å². The zero-order valence-corrected chi connectivity index (χ0v) is 20.5. The first kappa shape index (κ1) is 26.5. The third-order valence-electron chi connectivity index (χ3n) is 4.55. The Kier molecular flexibility index (Phi) is 14.6. The van der Waals surface area contributed by atoms with Crippen molar-refractivity contribution in [3.8, 4) is 0 Å². The van der Waals surface area contributed by atoms with Crippen LogP contribution in [-0.2, 0) is 4.79 Å². The summed E-state index contributed by atoms with van der Waals surface area (Å²) in [5.74, 6) is 0.937. The summed E-state index contributed by atoms with van der Waals surface area (Å²) in [6.07, 6.45) is 2.10. The smallest absolute Gasteiger partial charge is 0.242 e. The van der Waals surface area contributed by atoms with Crippen molar-refractivity contribution in [3.05, 3.63) is 30.3 Å². The van der Waals surface area contributed by atoms with Crippen molar-refractivity contribution in [2.24, 2.45) is 4.99 Å². The van der Waals surface area contributed by atoms with Gasteiger partial charge in [-0.15, -0.1) is 24.0 Å². The van der Waals surface area contributed by atoms with Crippen molar-refractivity contribution in [1.29, 1.82) is 0 Å². The van der Waals surface area contributed by atoms with Crippen LogP contribution >= 0.6 is 24.0 Å². The normalized spacial score (nSPS) is 10.8. The number of nitrogens with one attached hydrogen (secondary N) is 1. The van der Waals surface area contributed by atoms with E-state index >= 15 is 0 Å². The Morgan fingerprint density at radius 1 is 1.04 bits per heavy atom. The van der Waals surface area contributed by atoms with Crippen molar-refractivity contribution >= 4 is 41.5 Å². The lowest BCUT2D eigenvalue weighted by molar-refractivity contribution is -0.131. The number of carbonyl (C=O) groups excluding carboxylic acids is 1. The first-order valence-electron chi connectivity index (χ1n) is 10.1. The van der Waals surface area contributed by atoms with Crippen molar-refractivity contribution in [2.45, 2.75) is 33.6 Å². The van der Waals surface area contributed by atoms with E-state index in [1.807, 2.05) is 43.7 Å². The Balaban J connectivity index is 0.00000729. The van der Waals surface area contributed by atoms with Gasteiger partial charge in [0.25, 0.3) is 0 Å². The fraction of sp³-hybridized carbons (Fsp3) is 0.619. The maximum absolute atomic E-state index is 12.3. The predicted molar refractivity (Wildman–Crippen MR) is 131 cm³/mol. The Morgan fingerprint density at radius 3 is 2.25 bits per heavy atom. The summed E-state index contributed by atoms with van der Waals surface area (Å²) in [6, 6.07) is 10.4. The number of amides is 1. The predicted octanol–water partition coefficient (Wildman–Crippen LogP) is 3.29. The molecule has 7 heteroatoms. The van der Waals surface area contributed by atoms with Gasteiger partial charge in [0.1, 0.15) is 0 Å². The lowest BCUT2D eigenvalue weighted by Gasteiger charge is -2.25. The molecule has 6 nitrogen and oxygen atoms in total. The SMILES string of the molecule is CCNC(=NCCCCN(C)c1ccccc1)N(C)CC(=O)N(CC)CC.I. The zero-order valence-electron chi connectivity index (χ0n) is 18.1. The first-order chi connectivity index (χ1) is 13.0. The molecule has 1 aromatic rings. The highest BCUT2D eigenvalue weighted by Gasteiger charge is 2.14. The van der Waals surface area contributed by atoms with Crippen LogP contribution in [0.5, 0.6) is 0 Å². The van der Waals surface area contributed by atoms with Crippen LogP contribution in [0.15, 0.2) is 35.3 Å². The highest BCUT2D eigenvalue weighted by Crippen LogP contribution is 2.11. The molecule has 0 heterocycles. The highest BCUT2D eigenvalue weighted by atomic mass is 127. The van der Waals surface area contributed by atoms with Crippen molar-refractivity contribution in [3.63, 3.8) is 0 Å². The van der Waals surface area contributed by atoms with Crippen LogP contribution in [0, 0.1) is 0 Å². The van der Waals surface area contributed by atoms with Gasteiger partial charge < -0.3 is 20.0 Å². The van der Waals surface area contributed by atoms with Crippen molar-refractivity contribution < 1.29 is 4.79 Å². The van der Waals surface area contributed by atoms with Crippen LogP contribution in [0.25, 0.3) is 0 Å². The fourth-order valence-corrected chi connectivity index (χ4v) is 2.88. The van der Waals surface area contributed by atoms with E-state index in [4.69, 9.17) is 0 Å². The minimum Gasteiger partial charge on any atom is -0.375 e. The number of hydrogen-bond acceptors (Lipinski definition) is 3. The van der Waals surface area contributed by atoms with Gasteiger partial charge in [-0.05, 0) is 45.7 Å². The zero-order chi connectivity index (χ0) is 20.1. The van der Waals surface area contributed by atoms with Gasteiger partial charge in [-0.2, -0.15) is 0 Å². The molecule has 1 aromatic carbocycles. The van der Waals surface area contributed by atoms with Gasteiger partial charge >= 0.3 is 0 Å². The summed E-state index contributed by atoms with van der Waals surface area (Å²) >= 11 is 0. The summed E-state index contributed by atoms with van der Waals surface area (Å²) < 4.78 is 0. The minimum absolute atomic E-state index is 0. The van der Waals surface area contributed by atoms with Gasteiger partial charge in [0, 0.05) is 52.5 Å². The minimum atomic E-state index is 0. The number of hydrogen-bond donors (Lipinski definition) is 1. The Hall–Kier alpha value is -1.51. The Labute approximate surface area is 188 Å². The number of halogens is 1. The standard InChI is InChI=1S/C21H37N5O.HI/c1-6-22-21(25(5)18-20(27)26(7-2)8-3)23-16-12-13-17-24(4)19-14-10-9-11-15-19;/h9-11,14-15H,6-8,12-13,16-18H2,1-5H3,(H,22,23);1H. The molecular formula is C21H38IN5O. The second kappa shape index (κ2) is 15.4. The van der Waals surface area contributed by atoms with E-state index in [0.29, 0.717) is 6.54 Å². The molecular weight excluding hydrogens is 465 g/mol. The molecule has 0 atom stereocenters. The van der Waals surface area contributed by atoms with Crippen molar-refractivity contribution in [2.75, 3.05) is 58.3 Å². The fourth-order valence-electron chi connectivity index (χ4n) is 2.88. The molecule has 0 radical (unpaired) electrons. The van der Waals surface area contributed by atoms with Gasteiger partial charge in [0.05, 0.1) is 6.54 Å². The molecule has 160 valence electrons. The van der Waals surface area contributed by atoms with E-state index in [2.05, 4.69) is 46.5 Å². The third-order valence-corrected chi connectivity index (χ3v) is 4.55. The average Bonchev–Trinajstić information content (AvgIpc) is 2.68. The maximum atomic E-state index is 12.3. The van der Waals surface area contributed by atoms with Gasteiger partial charge in [-0.1, -0.05) is 18.2 Å². The number of nitrogens with zero attached hydrogens (tertiary/aromatic N) is 4. The highest BCUT2D eigenvalue weighted by molar-refractivity contribution is 14.0. The van der Waals surface area contributed by atoms with E-state index in [1.165, 1.54) is 5.69 Å². The molecule has 0 fully saturated rings. The molecule has 0 saturated heterocycles. The van der Waals surface area contributed by atoms with E-state index in [1.54, 1.807) is 0 Å². The van der Waals surface area contributed by atoms with Crippen molar-refractivity contribution in [1.82, 2.24) is 15.1 Å². The number of para-hydroxylation sites is 1. The summed E-state index contributed by atoms with van der Waals surface area (Å²) in [5.41, 5.74) is 1.24. The largest absolute Gasteiger partial charge is 0.375 e. The van der Waals surface area contributed by atoms with Gasteiger partial charge in [0.2, 0.25) is 5.91 Å². The number of rotatable bonds is 11. The number of aliphatic imine (C=N–C) groups is 1. The molecule has 0 aromatic heterocycles. The van der Waals surface area contributed by atoms with Gasteiger partial charge in [-0.3, -0.25) is 9.79 Å². The molecule has 1 N–H and O–H groups in total. The van der Waals surface area contributed by atoms with Gasteiger partial charge in [-0.25, -0.2) is 0 Å². The summed E-state index contributed by atoms with van der Waals surface area (Å²) in [7, 11) is 4.04. The molecule has 0 saturated carbocycles. The molecule has 0 aliphatic carbocycles. The number of unbranched alkanes of at least 4 members (excludes halogenated alkanes) is 1. The van der Waals surface area contributed by atoms with Crippen LogP contribution in [0.2, 0.25) is 0 Å². The molecule has 28 heavy (non-hydrogen) atoms. The van der Waals surface area contributed by atoms with E-state index in [9.17, 15) is 4.79 Å². The number of likely N-dealkylation sites (N-methyl/N-ethyl adjacent to an activating group) is 2. The first-order valence-corrected chi connectivity index (χ1v) is 10.1. The van der Waals surface area contributed by atoms with Crippen LogP contribution < -0.4 is 10.2 Å². The molecule has 0 aliphatic rings. The maximum Gasteiger partial charge on any atom is 0.242 e. The Morgan fingerprint density at radius 2 is 1.68 bits per heavy atom. The number of benzene rings is 1. The summed E-state index contributed by atoms with van der Waals surface area (Å²) in [4.78, 5) is 23.0. The lowest BCUT2D eigenvalue weighted by Crippen LogP contribution is -2.45. The molecule has 0 aliphatic heterocycles. The van der Waals surface area contributed by atoms with E-state index < -0.39 is 0 Å². The summed E-state index contributed by atoms with van der Waals surface area (Å²) in [6.45, 7) is 10.5. The third kappa shape index (κ3) is 9.61. The quantitative estimate of drug-likeness (QED) is 0.218. The van der Waals surface area contributed by atoms with Crippen LogP contribution in [0.4, 0.5) is 5.69 Å². The Bertz CT molecular complexity index is 563. The molecule has 0 spiro atoms. The monoisotopic (exact) mass is 503 g/mol. The topological polar surface area (TPSA) is 51.2 Å². The second-order valence-corrected chi connectivity index (χ2v) is 6.62. The molecule has 1 rings (SSSR count). The van der Waals surface area contributed by atoms with E-state index in [0.717, 1.165) is 51.5 Å². The molecule has 0 bridgehead atoms. The molecule has 1 amide bonds. The number of guanidine groups is 1. The second-order valence-electron chi connectivity index (χ2n) is 6.62. The summed E-state index contributed by atoms with van der Waals surface area (Å²) in [5, 5.41) is 3.28. The number of carbonyl (C=O) groups is 1. The van der Waals surface area contributed by atoms with E-state index in [-0.39, 0.29) is 29.9 Å².